The molecule has 1 aromatic heterocycles. The summed E-state index contributed by atoms with van der Waals surface area (Å²) in [6.45, 7) is 0. The molecule has 0 radical (unpaired) electrons. The molecule has 1 unspecified atom stereocenters. The van der Waals surface area contributed by atoms with Gasteiger partial charge in [0, 0.05) is 23.0 Å². The summed E-state index contributed by atoms with van der Waals surface area (Å²) in [6, 6.07) is 32.5. The number of aromatic nitrogens is 1. The average molecular weight is 376 g/mol. The second-order valence-electron chi connectivity index (χ2n) is 6.55. The Morgan fingerprint density at radius 2 is 1.38 bits per heavy atom. The average Bonchev–Trinajstić information content (AvgIpc) is 3.28. The fourth-order valence-electron chi connectivity index (χ4n) is 3.12. The Bertz CT molecular complexity index is 1140. The van der Waals surface area contributed by atoms with Gasteiger partial charge < -0.3 is 9.88 Å². The maximum Gasteiger partial charge on any atom is 0.252 e. The zero-order valence-corrected chi connectivity index (χ0v) is 15.8. The standard InChI is InChI=1S/C26H20N2O/c29-26(22-13-6-2-7-14-22)27-24(19-18-21-11-4-1-5-12-21)25-17-10-20-28(25)23-15-8-3-9-16-23/h1-17,20,24H,(H,27,29). The molecule has 0 saturated carbocycles. The summed E-state index contributed by atoms with van der Waals surface area (Å²) >= 11 is 0. The molecule has 4 rings (SSSR count). The fourth-order valence-corrected chi connectivity index (χ4v) is 3.12. The van der Waals surface area contributed by atoms with Crippen molar-refractivity contribution in [1.82, 2.24) is 9.88 Å². The highest BCUT2D eigenvalue weighted by Crippen LogP contribution is 2.19. The molecule has 0 aliphatic heterocycles. The van der Waals surface area contributed by atoms with Crippen LogP contribution in [0.4, 0.5) is 0 Å². The molecule has 0 saturated heterocycles. The summed E-state index contributed by atoms with van der Waals surface area (Å²) in [4.78, 5) is 12.8. The summed E-state index contributed by atoms with van der Waals surface area (Å²) in [5.41, 5.74) is 3.44. The molecule has 3 heteroatoms. The maximum absolute atomic E-state index is 12.8. The molecule has 0 spiro atoms. The van der Waals surface area contributed by atoms with Gasteiger partial charge in [0.15, 0.2) is 0 Å². The van der Waals surface area contributed by atoms with Gasteiger partial charge in [-0.25, -0.2) is 0 Å². The van der Waals surface area contributed by atoms with E-state index in [2.05, 4.69) is 21.7 Å². The Hall–Kier alpha value is -4.03. The molecule has 0 fully saturated rings. The Kier molecular flexibility index (Phi) is 5.55. The minimum atomic E-state index is -0.460. The van der Waals surface area contributed by atoms with Crippen LogP contribution in [0.25, 0.3) is 5.69 Å². The number of carbonyl (C=O) groups is 1. The van der Waals surface area contributed by atoms with Crippen LogP contribution in [0, 0.1) is 11.8 Å². The summed E-state index contributed by atoms with van der Waals surface area (Å²) < 4.78 is 2.05. The number of nitrogens with one attached hydrogen (secondary N) is 1. The molecule has 140 valence electrons. The van der Waals surface area contributed by atoms with Crippen molar-refractivity contribution in [3.05, 3.63) is 126 Å². The third kappa shape index (κ3) is 4.45. The van der Waals surface area contributed by atoms with Gasteiger partial charge in [0.05, 0.1) is 5.69 Å². The van der Waals surface area contributed by atoms with Gasteiger partial charge in [-0.05, 0) is 48.5 Å². The highest BCUT2D eigenvalue weighted by molar-refractivity contribution is 5.94. The molecule has 1 N–H and O–H groups in total. The second kappa shape index (κ2) is 8.77. The van der Waals surface area contributed by atoms with Crippen molar-refractivity contribution in [2.24, 2.45) is 0 Å². The maximum atomic E-state index is 12.8. The van der Waals surface area contributed by atoms with Crippen LogP contribution in [-0.4, -0.2) is 10.5 Å². The monoisotopic (exact) mass is 376 g/mol. The van der Waals surface area contributed by atoms with E-state index in [1.807, 2.05) is 97.2 Å². The lowest BCUT2D eigenvalue weighted by molar-refractivity contribution is 0.0944. The summed E-state index contributed by atoms with van der Waals surface area (Å²) in [5, 5.41) is 3.08. The smallest absolute Gasteiger partial charge is 0.252 e. The quantitative estimate of drug-likeness (QED) is 0.500. The van der Waals surface area contributed by atoms with Crippen LogP contribution in [0.5, 0.6) is 0 Å². The Labute approximate surface area is 170 Å². The highest BCUT2D eigenvalue weighted by atomic mass is 16.1. The van der Waals surface area contributed by atoms with Gasteiger partial charge in [0.25, 0.3) is 5.91 Å². The van der Waals surface area contributed by atoms with Gasteiger partial charge in [-0.1, -0.05) is 66.4 Å². The lowest BCUT2D eigenvalue weighted by Gasteiger charge is -2.17. The number of hydrogen-bond acceptors (Lipinski definition) is 1. The van der Waals surface area contributed by atoms with E-state index in [0.29, 0.717) is 5.56 Å². The molecule has 1 atom stereocenters. The summed E-state index contributed by atoms with van der Waals surface area (Å²) in [5.74, 6) is 6.28. The summed E-state index contributed by atoms with van der Waals surface area (Å²) in [7, 11) is 0. The van der Waals surface area contributed by atoms with Gasteiger partial charge in [0.2, 0.25) is 0 Å². The van der Waals surface area contributed by atoms with Crippen molar-refractivity contribution in [2.75, 3.05) is 0 Å². The van der Waals surface area contributed by atoms with Crippen molar-refractivity contribution in [1.29, 1.82) is 0 Å². The van der Waals surface area contributed by atoms with Crippen molar-refractivity contribution in [3.63, 3.8) is 0 Å². The number of rotatable bonds is 4. The van der Waals surface area contributed by atoms with Crippen molar-refractivity contribution < 1.29 is 4.79 Å². The van der Waals surface area contributed by atoms with E-state index in [1.54, 1.807) is 12.1 Å². The molecule has 0 aliphatic carbocycles. The highest BCUT2D eigenvalue weighted by Gasteiger charge is 2.17. The number of amides is 1. The first-order valence-corrected chi connectivity index (χ1v) is 9.46. The van der Waals surface area contributed by atoms with Crippen molar-refractivity contribution in [3.8, 4) is 17.5 Å². The molecule has 3 nitrogen and oxygen atoms in total. The number of carbonyl (C=O) groups excluding carboxylic acids is 1. The zero-order chi connectivity index (χ0) is 19.9. The predicted molar refractivity (Wildman–Crippen MR) is 116 cm³/mol. The lowest BCUT2D eigenvalue weighted by Crippen LogP contribution is -2.29. The molecular formula is C26H20N2O. The first kappa shape index (κ1) is 18.3. The largest absolute Gasteiger partial charge is 0.333 e. The molecule has 0 aliphatic rings. The number of nitrogens with zero attached hydrogens (tertiary/aromatic N) is 1. The topological polar surface area (TPSA) is 34.0 Å². The van der Waals surface area contributed by atoms with Crippen molar-refractivity contribution in [2.45, 2.75) is 6.04 Å². The van der Waals surface area contributed by atoms with Crippen LogP contribution in [0.15, 0.2) is 109 Å². The molecule has 4 aromatic rings. The van der Waals surface area contributed by atoms with E-state index in [1.165, 1.54) is 0 Å². The van der Waals surface area contributed by atoms with Crippen LogP contribution in [-0.2, 0) is 0 Å². The third-order valence-electron chi connectivity index (χ3n) is 4.56. The van der Waals surface area contributed by atoms with E-state index >= 15 is 0 Å². The van der Waals surface area contributed by atoms with Crippen LogP contribution in [0.2, 0.25) is 0 Å². The molecular weight excluding hydrogens is 356 g/mol. The Morgan fingerprint density at radius 1 is 0.759 bits per heavy atom. The van der Waals surface area contributed by atoms with Crippen LogP contribution in [0.3, 0.4) is 0 Å². The second-order valence-corrected chi connectivity index (χ2v) is 6.55. The Balaban J connectivity index is 1.71. The van der Waals surface area contributed by atoms with Gasteiger partial charge in [0.1, 0.15) is 6.04 Å². The predicted octanol–water partition coefficient (Wildman–Crippen LogP) is 5.00. The minimum absolute atomic E-state index is 0.154. The molecule has 0 bridgehead atoms. The van der Waals surface area contributed by atoms with Gasteiger partial charge >= 0.3 is 0 Å². The Morgan fingerprint density at radius 3 is 2.07 bits per heavy atom. The first-order valence-electron chi connectivity index (χ1n) is 9.46. The number of hydrogen-bond donors (Lipinski definition) is 1. The van der Waals surface area contributed by atoms with Crippen LogP contribution in [0.1, 0.15) is 27.7 Å². The molecule has 29 heavy (non-hydrogen) atoms. The van der Waals surface area contributed by atoms with Crippen LogP contribution < -0.4 is 5.32 Å². The fraction of sp³-hybridized carbons (Fsp3) is 0.0385. The van der Waals surface area contributed by atoms with E-state index in [9.17, 15) is 4.79 Å². The van der Waals surface area contributed by atoms with Gasteiger partial charge in [-0.3, -0.25) is 4.79 Å². The first-order chi connectivity index (χ1) is 14.3. The zero-order valence-electron chi connectivity index (χ0n) is 15.8. The van der Waals surface area contributed by atoms with Crippen LogP contribution >= 0.6 is 0 Å². The SMILES string of the molecule is O=C(NC(C#Cc1ccccc1)c1cccn1-c1ccccc1)c1ccccc1. The van der Waals surface area contributed by atoms with E-state index in [-0.39, 0.29) is 5.91 Å². The number of benzene rings is 3. The molecule has 1 amide bonds. The third-order valence-corrected chi connectivity index (χ3v) is 4.56. The van der Waals surface area contributed by atoms with Gasteiger partial charge in [-0.2, -0.15) is 0 Å². The lowest BCUT2D eigenvalue weighted by atomic mass is 10.1. The van der Waals surface area contributed by atoms with Gasteiger partial charge in [-0.15, -0.1) is 0 Å². The molecule has 3 aromatic carbocycles. The van der Waals surface area contributed by atoms with E-state index < -0.39 is 6.04 Å². The normalized spacial score (nSPS) is 11.2. The minimum Gasteiger partial charge on any atom is -0.333 e. The molecule has 1 heterocycles. The van der Waals surface area contributed by atoms with E-state index in [0.717, 1.165) is 16.9 Å². The van der Waals surface area contributed by atoms with E-state index in [4.69, 9.17) is 0 Å². The summed E-state index contributed by atoms with van der Waals surface area (Å²) in [6.07, 6.45) is 1.98. The van der Waals surface area contributed by atoms with Crippen molar-refractivity contribution >= 4 is 5.91 Å². The number of para-hydroxylation sites is 1.